The fourth-order valence-corrected chi connectivity index (χ4v) is 2.12. The number of hydrogen-bond donors (Lipinski definition) is 0. The number of halogens is 1. The van der Waals surface area contributed by atoms with Gasteiger partial charge in [0.1, 0.15) is 5.75 Å². The number of hydrogen-bond acceptors (Lipinski definition) is 3. The van der Waals surface area contributed by atoms with Crippen LogP contribution in [0, 0.1) is 6.92 Å². The summed E-state index contributed by atoms with van der Waals surface area (Å²) in [5.74, 6) is 0.672. The lowest BCUT2D eigenvalue weighted by molar-refractivity contribution is 0.0991. The minimum Gasteiger partial charge on any atom is -0.496 e. The van der Waals surface area contributed by atoms with Crippen molar-refractivity contribution in [2.24, 2.45) is 7.05 Å². The van der Waals surface area contributed by atoms with Crippen LogP contribution in [0.4, 0.5) is 0 Å². The largest absolute Gasteiger partial charge is 0.496 e. The van der Waals surface area contributed by atoms with Gasteiger partial charge in [0.05, 0.1) is 18.9 Å². The molecule has 4 nitrogen and oxygen atoms in total. The Morgan fingerprint density at radius 1 is 1.47 bits per heavy atom. The van der Waals surface area contributed by atoms with Crippen LogP contribution >= 0.6 is 11.6 Å². The molecule has 5 heteroatoms. The van der Waals surface area contributed by atoms with E-state index in [0.717, 1.165) is 11.3 Å². The first-order chi connectivity index (χ1) is 9.02. The second kappa shape index (κ2) is 5.45. The smallest absolute Gasteiger partial charge is 0.170 e. The van der Waals surface area contributed by atoms with Gasteiger partial charge in [0.25, 0.3) is 0 Å². The Balaban J connectivity index is 2.28. The van der Waals surface area contributed by atoms with Crippen molar-refractivity contribution >= 4 is 17.4 Å². The van der Waals surface area contributed by atoms with Gasteiger partial charge in [0.2, 0.25) is 0 Å². The number of carbonyl (C=O) groups excluding carboxylic acids is 1. The number of rotatable bonds is 4. The zero-order valence-corrected chi connectivity index (χ0v) is 11.9. The quantitative estimate of drug-likeness (QED) is 0.808. The molecular formula is C14H15ClN2O2. The number of methoxy groups -OCH3 is 1. The van der Waals surface area contributed by atoms with Crippen molar-refractivity contribution in [3.8, 4) is 5.75 Å². The standard InChI is InChI=1S/C14H15ClN2O2/c1-9-12(8-16-17(9)2)13(18)7-10-6-11(15)4-5-14(10)19-3/h4-6,8H,7H2,1-3H3. The summed E-state index contributed by atoms with van der Waals surface area (Å²) in [6.07, 6.45) is 1.84. The van der Waals surface area contributed by atoms with Crippen LogP contribution < -0.4 is 4.74 Å². The molecule has 100 valence electrons. The molecule has 1 aromatic carbocycles. The van der Waals surface area contributed by atoms with E-state index in [4.69, 9.17) is 16.3 Å². The summed E-state index contributed by atoms with van der Waals surface area (Å²) >= 11 is 5.96. The van der Waals surface area contributed by atoms with E-state index in [-0.39, 0.29) is 12.2 Å². The van der Waals surface area contributed by atoms with Gasteiger partial charge in [-0.1, -0.05) is 11.6 Å². The minimum absolute atomic E-state index is 0.00571. The highest BCUT2D eigenvalue weighted by atomic mass is 35.5. The number of ether oxygens (including phenoxy) is 1. The molecule has 2 aromatic rings. The van der Waals surface area contributed by atoms with Crippen molar-refractivity contribution in [1.82, 2.24) is 9.78 Å². The molecule has 0 aliphatic carbocycles. The van der Waals surface area contributed by atoms with Crippen molar-refractivity contribution in [3.05, 3.63) is 46.2 Å². The van der Waals surface area contributed by atoms with Crippen LogP contribution in [-0.2, 0) is 13.5 Å². The molecule has 1 aromatic heterocycles. The molecule has 1 heterocycles. The molecule has 0 saturated carbocycles. The van der Waals surface area contributed by atoms with Gasteiger partial charge in [-0.15, -0.1) is 0 Å². The van der Waals surface area contributed by atoms with Gasteiger partial charge in [0.15, 0.2) is 5.78 Å². The number of carbonyl (C=O) groups is 1. The summed E-state index contributed by atoms with van der Waals surface area (Å²) in [5, 5.41) is 4.67. The van der Waals surface area contributed by atoms with Crippen molar-refractivity contribution in [3.63, 3.8) is 0 Å². The third kappa shape index (κ3) is 2.79. The zero-order valence-electron chi connectivity index (χ0n) is 11.1. The fraction of sp³-hybridized carbons (Fsp3) is 0.286. The minimum atomic E-state index is 0.00571. The van der Waals surface area contributed by atoms with Gasteiger partial charge < -0.3 is 4.74 Å². The Kier molecular flexibility index (Phi) is 3.90. The number of nitrogens with zero attached hydrogens (tertiary/aromatic N) is 2. The summed E-state index contributed by atoms with van der Waals surface area (Å²) in [6.45, 7) is 1.87. The van der Waals surface area contributed by atoms with Crippen molar-refractivity contribution in [1.29, 1.82) is 0 Å². The third-order valence-corrected chi connectivity index (χ3v) is 3.36. The molecule has 19 heavy (non-hydrogen) atoms. The lowest BCUT2D eigenvalue weighted by Crippen LogP contribution is -2.06. The first-order valence-electron chi connectivity index (χ1n) is 5.87. The van der Waals surface area contributed by atoms with Crippen LogP contribution in [0.25, 0.3) is 0 Å². The molecule has 0 spiro atoms. The van der Waals surface area contributed by atoms with Crippen LogP contribution in [0.15, 0.2) is 24.4 Å². The van der Waals surface area contributed by atoms with Crippen LogP contribution in [0.3, 0.4) is 0 Å². The highest BCUT2D eigenvalue weighted by Gasteiger charge is 2.15. The Labute approximate surface area is 116 Å². The fourth-order valence-electron chi connectivity index (χ4n) is 1.93. The van der Waals surface area contributed by atoms with Crippen LogP contribution in [-0.4, -0.2) is 22.7 Å². The Hall–Kier alpha value is -1.81. The normalized spacial score (nSPS) is 10.5. The number of benzene rings is 1. The molecule has 0 unspecified atom stereocenters. The van der Waals surface area contributed by atoms with E-state index in [9.17, 15) is 4.79 Å². The molecule has 0 bridgehead atoms. The summed E-state index contributed by atoms with van der Waals surface area (Å²) < 4.78 is 6.92. The number of aromatic nitrogens is 2. The summed E-state index contributed by atoms with van der Waals surface area (Å²) in [6, 6.07) is 5.26. The Morgan fingerprint density at radius 3 is 2.79 bits per heavy atom. The molecule has 0 fully saturated rings. The van der Waals surface area contributed by atoms with Gasteiger partial charge in [-0.3, -0.25) is 9.48 Å². The topological polar surface area (TPSA) is 44.1 Å². The molecule has 2 rings (SSSR count). The SMILES string of the molecule is COc1ccc(Cl)cc1CC(=O)c1cnn(C)c1C. The van der Waals surface area contributed by atoms with Crippen molar-refractivity contribution in [2.45, 2.75) is 13.3 Å². The van der Waals surface area contributed by atoms with Crippen molar-refractivity contribution < 1.29 is 9.53 Å². The van der Waals surface area contributed by atoms with Crippen LogP contribution in [0.2, 0.25) is 5.02 Å². The Bertz CT molecular complexity index is 620. The van der Waals surface area contributed by atoms with Crippen LogP contribution in [0.5, 0.6) is 5.75 Å². The maximum Gasteiger partial charge on any atom is 0.170 e. The summed E-state index contributed by atoms with van der Waals surface area (Å²) in [7, 11) is 3.39. The van der Waals surface area contributed by atoms with E-state index in [1.54, 1.807) is 36.2 Å². The third-order valence-electron chi connectivity index (χ3n) is 3.13. The molecule has 0 aliphatic heterocycles. The van der Waals surface area contributed by atoms with Gasteiger partial charge in [0, 0.05) is 29.7 Å². The zero-order chi connectivity index (χ0) is 14.0. The highest BCUT2D eigenvalue weighted by molar-refractivity contribution is 6.30. The van der Waals surface area contributed by atoms with Crippen LogP contribution in [0.1, 0.15) is 21.6 Å². The number of ketones is 1. The lowest BCUT2D eigenvalue weighted by Gasteiger charge is -2.08. The van der Waals surface area contributed by atoms with E-state index in [1.165, 1.54) is 0 Å². The maximum atomic E-state index is 12.3. The first kappa shape index (κ1) is 13.6. The first-order valence-corrected chi connectivity index (χ1v) is 6.25. The maximum absolute atomic E-state index is 12.3. The van der Waals surface area contributed by atoms with E-state index >= 15 is 0 Å². The van der Waals surface area contributed by atoms with Gasteiger partial charge in [-0.25, -0.2) is 0 Å². The Morgan fingerprint density at radius 2 is 2.21 bits per heavy atom. The van der Waals surface area contributed by atoms with Gasteiger partial charge in [-0.05, 0) is 25.1 Å². The summed E-state index contributed by atoms with van der Waals surface area (Å²) in [4.78, 5) is 12.3. The average molecular weight is 279 g/mol. The molecule has 0 saturated heterocycles. The molecule has 0 atom stereocenters. The second-order valence-corrected chi connectivity index (χ2v) is 4.76. The molecular weight excluding hydrogens is 264 g/mol. The van der Waals surface area contributed by atoms with E-state index in [0.29, 0.717) is 16.3 Å². The molecule has 0 radical (unpaired) electrons. The average Bonchev–Trinajstić information content (AvgIpc) is 2.70. The monoisotopic (exact) mass is 278 g/mol. The van der Waals surface area contributed by atoms with Gasteiger partial charge in [-0.2, -0.15) is 5.10 Å². The number of Topliss-reactive ketones (excluding diaryl/α,β-unsaturated/α-hetero) is 1. The van der Waals surface area contributed by atoms with E-state index in [1.807, 2.05) is 14.0 Å². The summed E-state index contributed by atoms with van der Waals surface area (Å²) in [5.41, 5.74) is 2.26. The number of aryl methyl sites for hydroxylation is 1. The lowest BCUT2D eigenvalue weighted by atomic mass is 10.0. The van der Waals surface area contributed by atoms with Crippen molar-refractivity contribution in [2.75, 3.05) is 7.11 Å². The molecule has 0 N–H and O–H groups in total. The predicted octanol–water partition coefficient (Wildman–Crippen LogP) is 2.82. The highest BCUT2D eigenvalue weighted by Crippen LogP contribution is 2.24. The molecule has 0 aliphatic rings. The predicted molar refractivity (Wildman–Crippen MR) is 74.0 cm³/mol. The van der Waals surface area contributed by atoms with E-state index in [2.05, 4.69) is 5.10 Å². The second-order valence-electron chi connectivity index (χ2n) is 4.32. The van der Waals surface area contributed by atoms with Gasteiger partial charge >= 0.3 is 0 Å². The molecule has 0 amide bonds. The van der Waals surface area contributed by atoms with E-state index < -0.39 is 0 Å².